The molecular weight excluding hydrogens is 223 g/mol. The molecule has 2 nitrogen and oxygen atoms in total. The van der Waals surface area contributed by atoms with Gasteiger partial charge in [-0.15, -0.1) is 11.3 Å². The second-order valence-electron chi connectivity index (χ2n) is 3.26. The number of rotatable bonds is 2. The van der Waals surface area contributed by atoms with E-state index in [4.69, 9.17) is 5.26 Å². The topological polar surface area (TPSA) is 27.0 Å². The number of thiophene rings is 1. The maximum Gasteiger partial charge on any atom is 0.143 e. The van der Waals surface area contributed by atoms with Crippen molar-refractivity contribution in [3.8, 4) is 6.07 Å². The smallest absolute Gasteiger partial charge is 0.143 e. The van der Waals surface area contributed by atoms with E-state index < -0.39 is 5.82 Å². The lowest BCUT2D eigenvalue weighted by molar-refractivity contribution is 0.624. The van der Waals surface area contributed by atoms with Gasteiger partial charge in [-0.2, -0.15) is 5.26 Å². The summed E-state index contributed by atoms with van der Waals surface area (Å²) >= 11 is 1.54. The molecule has 2 aromatic rings. The van der Waals surface area contributed by atoms with Crippen LogP contribution >= 0.6 is 11.3 Å². The van der Waals surface area contributed by atoms with Gasteiger partial charge in [0.2, 0.25) is 0 Å². The Bertz CT molecular complexity index is 528. The van der Waals surface area contributed by atoms with Gasteiger partial charge >= 0.3 is 0 Å². The Morgan fingerprint density at radius 2 is 2.12 bits per heavy atom. The molecule has 0 radical (unpaired) electrons. The molecule has 0 saturated heterocycles. The van der Waals surface area contributed by atoms with Crippen molar-refractivity contribution in [2.75, 3.05) is 11.9 Å². The fraction of sp³-hybridized carbons (Fsp3) is 0.0833. The van der Waals surface area contributed by atoms with Gasteiger partial charge in [0.05, 0.1) is 10.7 Å². The zero-order valence-corrected chi connectivity index (χ0v) is 9.46. The van der Waals surface area contributed by atoms with Crippen molar-refractivity contribution in [3.63, 3.8) is 0 Å². The predicted molar refractivity (Wildman–Crippen MR) is 63.5 cm³/mol. The minimum atomic E-state index is -0.483. The van der Waals surface area contributed by atoms with Gasteiger partial charge < -0.3 is 4.90 Å². The molecule has 0 bridgehead atoms. The van der Waals surface area contributed by atoms with Crippen molar-refractivity contribution in [1.82, 2.24) is 0 Å². The fourth-order valence-electron chi connectivity index (χ4n) is 1.48. The summed E-state index contributed by atoms with van der Waals surface area (Å²) in [7, 11) is 1.82. The maximum atomic E-state index is 13.4. The lowest BCUT2D eigenvalue weighted by atomic mass is 10.1. The van der Waals surface area contributed by atoms with Crippen LogP contribution in [0.1, 0.15) is 5.56 Å². The molecule has 0 amide bonds. The molecule has 0 atom stereocenters. The van der Waals surface area contributed by atoms with Gasteiger partial charge in [0.1, 0.15) is 17.4 Å². The van der Waals surface area contributed by atoms with Crippen molar-refractivity contribution in [2.24, 2.45) is 0 Å². The van der Waals surface area contributed by atoms with Gasteiger partial charge in [-0.1, -0.05) is 6.07 Å². The Kier molecular flexibility index (Phi) is 2.88. The Balaban J connectivity index is 2.49. The van der Waals surface area contributed by atoms with Crippen LogP contribution in [0.2, 0.25) is 0 Å². The SMILES string of the molecule is CN(c1cccs1)c1cccc(F)c1C#N. The standard InChI is InChI=1S/C12H9FN2S/c1-15(12-6-3-7-16-12)11-5-2-4-10(13)9(11)8-14/h2-7H,1H3. The van der Waals surface area contributed by atoms with E-state index in [1.807, 2.05) is 35.5 Å². The molecule has 2 rings (SSSR count). The van der Waals surface area contributed by atoms with E-state index in [-0.39, 0.29) is 5.56 Å². The summed E-state index contributed by atoms with van der Waals surface area (Å²) in [5.41, 5.74) is 0.670. The first kappa shape index (κ1) is 10.7. The van der Waals surface area contributed by atoms with Crippen LogP contribution in [-0.4, -0.2) is 7.05 Å². The summed E-state index contributed by atoms with van der Waals surface area (Å²) in [4.78, 5) is 1.81. The number of benzene rings is 1. The second kappa shape index (κ2) is 4.33. The van der Waals surface area contributed by atoms with Crippen LogP contribution in [0.3, 0.4) is 0 Å². The first-order valence-corrected chi connectivity index (χ1v) is 5.58. The van der Waals surface area contributed by atoms with E-state index >= 15 is 0 Å². The highest BCUT2D eigenvalue weighted by atomic mass is 32.1. The molecule has 0 fully saturated rings. The summed E-state index contributed by atoms with van der Waals surface area (Å²) in [5, 5.41) is 11.8. The van der Waals surface area contributed by atoms with E-state index in [1.165, 1.54) is 6.07 Å². The van der Waals surface area contributed by atoms with E-state index in [1.54, 1.807) is 23.5 Å². The molecule has 1 heterocycles. The minimum Gasteiger partial charge on any atom is -0.335 e. The van der Waals surface area contributed by atoms with Crippen LogP contribution in [0.5, 0.6) is 0 Å². The van der Waals surface area contributed by atoms with Crippen molar-refractivity contribution in [1.29, 1.82) is 5.26 Å². The zero-order valence-electron chi connectivity index (χ0n) is 8.64. The molecule has 4 heteroatoms. The van der Waals surface area contributed by atoms with Crippen LogP contribution in [-0.2, 0) is 0 Å². The first-order chi connectivity index (χ1) is 7.74. The summed E-state index contributed by atoms with van der Waals surface area (Å²) < 4.78 is 13.4. The number of hydrogen-bond acceptors (Lipinski definition) is 3. The molecule has 0 spiro atoms. The van der Waals surface area contributed by atoms with Crippen LogP contribution in [0.25, 0.3) is 0 Å². The lowest BCUT2D eigenvalue weighted by Gasteiger charge is -2.18. The van der Waals surface area contributed by atoms with E-state index in [0.29, 0.717) is 5.69 Å². The van der Waals surface area contributed by atoms with Gasteiger partial charge in [0, 0.05) is 7.05 Å². The highest BCUT2D eigenvalue weighted by Gasteiger charge is 2.13. The molecule has 16 heavy (non-hydrogen) atoms. The number of nitrogens with zero attached hydrogens (tertiary/aromatic N) is 2. The molecule has 1 aromatic carbocycles. The maximum absolute atomic E-state index is 13.4. The number of halogens is 1. The normalized spacial score (nSPS) is 9.81. The zero-order chi connectivity index (χ0) is 11.5. The fourth-order valence-corrected chi connectivity index (χ4v) is 2.19. The third-order valence-corrected chi connectivity index (χ3v) is 3.25. The number of hydrogen-bond donors (Lipinski definition) is 0. The average molecular weight is 232 g/mol. The van der Waals surface area contributed by atoms with E-state index in [2.05, 4.69) is 0 Å². The predicted octanol–water partition coefficient (Wildman–Crippen LogP) is 3.53. The summed E-state index contributed by atoms with van der Waals surface area (Å²) in [6, 6.07) is 10.4. The Hall–Kier alpha value is -1.86. The van der Waals surface area contributed by atoms with Crippen LogP contribution in [0, 0.1) is 17.1 Å². The van der Waals surface area contributed by atoms with Gasteiger partial charge in [-0.3, -0.25) is 0 Å². The molecular formula is C12H9FN2S. The summed E-state index contributed by atoms with van der Waals surface area (Å²) in [5.74, 6) is -0.483. The van der Waals surface area contributed by atoms with Crippen LogP contribution in [0.4, 0.5) is 15.1 Å². The van der Waals surface area contributed by atoms with Gasteiger partial charge in [0.25, 0.3) is 0 Å². The van der Waals surface area contributed by atoms with Gasteiger partial charge in [-0.05, 0) is 29.6 Å². The Morgan fingerprint density at radius 3 is 2.75 bits per heavy atom. The molecule has 0 N–H and O–H groups in total. The van der Waals surface area contributed by atoms with Crippen molar-refractivity contribution < 1.29 is 4.39 Å². The van der Waals surface area contributed by atoms with Crippen LogP contribution < -0.4 is 4.90 Å². The van der Waals surface area contributed by atoms with E-state index in [9.17, 15) is 4.39 Å². The molecule has 0 aliphatic heterocycles. The molecule has 1 aromatic heterocycles. The first-order valence-electron chi connectivity index (χ1n) is 4.70. The average Bonchev–Trinajstić information content (AvgIpc) is 2.81. The monoisotopic (exact) mass is 232 g/mol. The highest BCUT2D eigenvalue weighted by molar-refractivity contribution is 7.14. The van der Waals surface area contributed by atoms with Crippen molar-refractivity contribution in [2.45, 2.75) is 0 Å². The molecule has 0 saturated carbocycles. The summed E-state index contributed by atoms with van der Waals surface area (Å²) in [6.45, 7) is 0. The lowest BCUT2D eigenvalue weighted by Crippen LogP contribution is -2.10. The minimum absolute atomic E-state index is 0.0819. The number of nitriles is 1. The Morgan fingerprint density at radius 1 is 1.31 bits per heavy atom. The quantitative estimate of drug-likeness (QED) is 0.792. The third kappa shape index (κ3) is 1.77. The molecule has 0 aliphatic carbocycles. The molecule has 80 valence electrons. The summed E-state index contributed by atoms with van der Waals surface area (Å²) in [6.07, 6.45) is 0. The third-order valence-electron chi connectivity index (χ3n) is 2.30. The van der Waals surface area contributed by atoms with E-state index in [0.717, 1.165) is 5.00 Å². The van der Waals surface area contributed by atoms with Gasteiger partial charge in [0.15, 0.2) is 0 Å². The largest absolute Gasteiger partial charge is 0.335 e. The highest BCUT2D eigenvalue weighted by Crippen LogP contribution is 2.30. The molecule has 0 unspecified atom stereocenters. The Labute approximate surface area is 97.2 Å². The number of anilines is 2. The van der Waals surface area contributed by atoms with Gasteiger partial charge in [-0.25, -0.2) is 4.39 Å². The van der Waals surface area contributed by atoms with Crippen molar-refractivity contribution >= 4 is 22.0 Å². The second-order valence-corrected chi connectivity index (χ2v) is 4.18. The molecule has 0 aliphatic rings. The van der Waals surface area contributed by atoms with Crippen LogP contribution in [0.15, 0.2) is 35.7 Å². The van der Waals surface area contributed by atoms with Crippen molar-refractivity contribution in [3.05, 3.63) is 47.1 Å².